The SMILES string of the molecule is COc1nc(-c2cccc(-c3cccc(-c4cc5c(=O)n(C)c(CNC[C@H]6CCC(=O)N6)nn5c4)c3Cl)c2Cl)ccc1CNC[C@H]1CCC(=O)N1. The van der Waals surface area contributed by atoms with Crippen molar-refractivity contribution in [1.82, 2.24) is 40.4 Å². The van der Waals surface area contributed by atoms with Crippen molar-refractivity contribution in [3.63, 3.8) is 0 Å². The number of aromatic nitrogens is 4. The summed E-state index contributed by atoms with van der Waals surface area (Å²) < 4.78 is 8.77. The minimum absolute atomic E-state index is 0.0624. The molecule has 2 aliphatic rings. The molecule has 0 spiro atoms. The molecule has 0 aliphatic carbocycles. The van der Waals surface area contributed by atoms with Crippen molar-refractivity contribution in [3.8, 4) is 39.4 Å². The fourth-order valence-corrected chi connectivity index (χ4v) is 7.37. The number of ether oxygens (including phenoxy) is 1. The number of halogens is 2. The van der Waals surface area contributed by atoms with Gasteiger partial charge >= 0.3 is 0 Å². The zero-order valence-electron chi connectivity index (χ0n) is 28.3. The standard InChI is InChI=1S/C37H38Cl2N8O4/c1-46-31(19-41-18-24-11-14-33(49)43-24)45-47-20-22(15-30(47)37(46)50)25-5-3-6-26(34(25)38)27-7-4-8-28(35(27)39)29-12-9-21(36(44-29)51-2)16-40-17-23-10-13-32(48)42-23/h3-9,12,15,20,23-24,40-41H,10-11,13-14,16-19H2,1-2H3,(H,42,48)(H,43,49)/t23-,24-/m1/s1. The van der Waals surface area contributed by atoms with Gasteiger partial charge < -0.3 is 26.0 Å². The largest absolute Gasteiger partial charge is 0.481 e. The summed E-state index contributed by atoms with van der Waals surface area (Å²) in [6, 6.07) is 17.3. The van der Waals surface area contributed by atoms with Crippen molar-refractivity contribution >= 4 is 40.5 Å². The molecular formula is C37H38Cl2N8O4. The fourth-order valence-electron chi connectivity index (χ4n) is 6.71. The van der Waals surface area contributed by atoms with Crippen LogP contribution in [-0.2, 0) is 29.7 Å². The van der Waals surface area contributed by atoms with Gasteiger partial charge in [-0.25, -0.2) is 9.50 Å². The van der Waals surface area contributed by atoms with E-state index >= 15 is 0 Å². The van der Waals surface area contributed by atoms with Gasteiger partial charge in [0.05, 0.1) is 29.4 Å². The first-order chi connectivity index (χ1) is 24.7. The molecule has 12 nitrogen and oxygen atoms in total. The number of pyridine rings is 1. The molecule has 51 heavy (non-hydrogen) atoms. The van der Waals surface area contributed by atoms with Crippen LogP contribution in [0.2, 0.25) is 10.0 Å². The minimum atomic E-state index is -0.183. The van der Waals surface area contributed by atoms with Crippen molar-refractivity contribution in [2.24, 2.45) is 7.05 Å². The lowest BCUT2D eigenvalue weighted by molar-refractivity contribution is -0.120. The molecule has 0 bridgehead atoms. The third kappa shape index (κ3) is 7.22. The molecule has 2 fully saturated rings. The highest BCUT2D eigenvalue weighted by molar-refractivity contribution is 6.39. The third-order valence-corrected chi connectivity index (χ3v) is 10.3. The Labute approximate surface area is 304 Å². The van der Waals surface area contributed by atoms with Crippen molar-refractivity contribution < 1.29 is 14.3 Å². The molecule has 2 aromatic carbocycles. The summed E-state index contributed by atoms with van der Waals surface area (Å²) in [6.07, 6.45) is 4.51. The molecule has 5 heterocycles. The van der Waals surface area contributed by atoms with Crippen LogP contribution in [0.5, 0.6) is 5.88 Å². The van der Waals surface area contributed by atoms with Crippen LogP contribution in [0.1, 0.15) is 37.1 Å². The Morgan fingerprint density at radius 1 is 0.843 bits per heavy atom. The van der Waals surface area contributed by atoms with Crippen molar-refractivity contribution in [3.05, 3.63) is 92.6 Å². The Morgan fingerprint density at radius 2 is 1.45 bits per heavy atom. The first-order valence-corrected chi connectivity index (χ1v) is 17.7. The maximum Gasteiger partial charge on any atom is 0.277 e. The molecule has 2 saturated heterocycles. The van der Waals surface area contributed by atoms with Gasteiger partial charge in [0.15, 0.2) is 0 Å². The second-order valence-electron chi connectivity index (χ2n) is 12.9. The maximum atomic E-state index is 13.4. The Hall–Kier alpha value is -4.75. The molecule has 0 radical (unpaired) electrons. The summed E-state index contributed by atoms with van der Waals surface area (Å²) in [5.74, 6) is 1.20. The number of methoxy groups -OCH3 is 1. The molecule has 7 rings (SSSR count). The lowest BCUT2D eigenvalue weighted by Crippen LogP contribution is -2.36. The highest BCUT2D eigenvalue weighted by atomic mass is 35.5. The van der Waals surface area contributed by atoms with Crippen molar-refractivity contribution in [1.29, 1.82) is 0 Å². The summed E-state index contributed by atoms with van der Waals surface area (Å²) >= 11 is 14.2. The Balaban J connectivity index is 1.13. The number of fused-ring (bicyclic) bond motifs is 1. The van der Waals surface area contributed by atoms with E-state index < -0.39 is 0 Å². The number of rotatable bonds is 12. The van der Waals surface area contributed by atoms with E-state index in [9.17, 15) is 14.4 Å². The molecule has 2 aliphatic heterocycles. The summed E-state index contributed by atoms with van der Waals surface area (Å²) in [6.45, 7) is 2.17. The van der Waals surface area contributed by atoms with Crippen molar-refractivity contribution in [2.45, 2.75) is 50.9 Å². The molecule has 2 atom stereocenters. The van der Waals surface area contributed by atoms with Gasteiger partial charge in [0.1, 0.15) is 11.3 Å². The monoisotopic (exact) mass is 728 g/mol. The molecular weight excluding hydrogens is 691 g/mol. The first kappa shape index (κ1) is 34.7. The van der Waals surface area contributed by atoms with E-state index in [2.05, 4.69) is 21.3 Å². The zero-order valence-corrected chi connectivity index (χ0v) is 29.8. The number of amides is 2. The Bertz CT molecular complexity index is 2200. The van der Waals surface area contributed by atoms with E-state index in [0.29, 0.717) is 72.0 Å². The van der Waals surface area contributed by atoms with Crippen LogP contribution in [0.15, 0.2) is 65.6 Å². The van der Waals surface area contributed by atoms with Crippen LogP contribution in [0.4, 0.5) is 0 Å². The predicted molar refractivity (Wildman–Crippen MR) is 197 cm³/mol. The van der Waals surface area contributed by atoms with Crippen LogP contribution in [-0.4, -0.2) is 63.3 Å². The average Bonchev–Trinajstić information content (AvgIpc) is 3.87. The summed E-state index contributed by atoms with van der Waals surface area (Å²) in [5, 5.41) is 18.3. The highest BCUT2D eigenvalue weighted by Gasteiger charge is 2.22. The number of carbonyl (C=O) groups excluding carboxylic acids is 2. The van der Waals surface area contributed by atoms with E-state index in [1.807, 2.05) is 48.5 Å². The van der Waals surface area contributed by atoms with E-state index in [1.54, 1.807) is 30.9 Å². The quantitative estimate of drug-likeness (QED) is 0.147. The molecule has 4 N–H and O–H groups in total. The number of nitrogens with one attached hydrogen (secondary N) is 4. The van der Waals surface area contributed by atoms with Crippen LogP contribution < -0.4 is 31.6 Å². The smallest absolute Gasteiger partial charge is 0.277 e. The molecule has 264 valence electrons. The first-order valence-electron chi connectivity index (χ1n) is 16.9. The predicted octanol–water partition coefficient (Wildman–Crippen LogP) is 4.48. The number of hydrogen-bond acceptors (Lipinski definition) is 8. The molecule has 0 unspecified atom stereocenters. The topological polar surface area (TPSA) is 144 Å². The fraction of sp³-hybridized carbons (Fsp3) is 0.324. The number of benzene rings is 2. The van der Waals surface area contributed by atoms with Crippen LogP contribution in [0, 0.1) is 0 Å². The molecule has 0 saturated carbocycles. The molecule has 2 amide bonds. The Morgan fingerprint density at radius 3 is 2.08 bits per heavy atom. The molecule has 3 aromatic heterocycles. The zero-order chi connectivity index (χ0) is 35.6. The van der Waals surface area contributed by atoms with Crippen LogP contribution >= 0.6 is 23.2 Å². The van der Waals surface area contributed by atoms with Gasteiger partial charge in [0, 0.05) is 91.2 Å². The number of hydrogen-bond donors (Lipinski definition) is 4. The number of carbonyl (C=O) groups is 2. The second kappa shape index (κ2) is 14.8. The summed E-state index contributed by atoms with van der Waals surface area (Å²) in [4.78, 5) is 41.2. The van der Waals surface area contributed by atoms with E-state index in [0.717, 1.165) is 46.2 Å². The lowest BCUT2D eigenvalue weighted by atomic mass is 9.97. The van der Waals surface area contributed by atoms with E-state index in [-0.39, 0.29) is 29.5 Å². The van der Waals surface area contributed by atoms with Crippen LogP contribution in [0.3, 0.4) is 0 Å². The third-order valence-electron chi connectivity index (χ3n) is 9.49. The van der Waals surface area contributed by atoms with Gasteiger partial charge in [-0.05, 0) is 25.0 Å². The maximum absolute atomic E-state index is 13.4. The molecule has 14 heteroatoms. The van der Waals surface area contributed by atoms with Gasteiger partial charge in [-0.2, -0.15) is 5.10 Å². The van der Waals surface area contributed by atoms with E-state index in [1.165, 1.54) is 4.57 Å². The normalized spacial score (nSPS) is 17.3. The second-order valence-corrected chi connectivity index (χ2v) is 13.7. The van der Waals surface area contributed by atoms with Crippen molar-refractivity contribution in [2.75, 3.05) is 20.2 Å². The average molecular weight is 730 g/mol. The van der Waals surface area contributed by atoms with Gasteiger partial charge in [0.2, 0.25) is 17.7 Å². The van der Waals surface area contributed by atoms with Crippen LogP contribution in [0.25, 0.3) is 39.0 Å². The van der Waals surface area contributed by atoms with Gasteiger partial charge in [-0.1, -0.05) is 65.7 Å². The van der Waals surface area contributed by atoms with Gasteiger partial charge in [0.25, 0.3) is 5.56 Å². The highest BCUT2D eigenvalue weighted by Crippen LogP contribution is 2.42. The number of nitrogens with zero attached hydrogens (tertiary/aromatic N) is 4. The van der Waals surface area contributed by atoms with E-state index in [4.69, 9.17) is 38.0 Å². The minimum Gasteiger partial charge on any atom is -0.481 e. The Kier molecular flexibility index (Phi) is 10.1. The molecule has 5 aromatic rings. The van der Waals surface area contributed by atoms with Gasteiger partial charge in [-0.3, -0.25) is 19.0 Å². The summed E-state index contributed by atoms with van der Waals surface area (Å²) in [7, 11) is 3.29. The van der Waals surface area contributed by atoms with Gasteiger partial charge in [-0.15, -0.1) is 0 Å². The summed E-state index contributed by atoms with van der Waals surface area (Å²) in [5.41, 5.74) is 5.43. The lowest BCUT2D eigenvalue weighted by Gasteiger charge is -2.15.